The van der Waals surface area contributed by atoms with Gasteiger partial charge in [-0.25, -0.2) is 0 Å². The van der Waals surface area contributed by atoms with Gasteiger partial charge in [0.15, 0.2) is 6.10 Å². The lowest BCUT2D eigenvalue weighted by Crippen LogP contribution is -2.47. The molecule has 2 amide bonds. The lowest BCUT2D eigenvalue weighted by molar-refractivity contribution is -0.134. The molecule has 0 unspecified atom stereocenters. The zero-order chi connectivity index (χ0) is 18.4. The third-order valence-electron chi connectivity index (χ3n) is 3.68. The predicted octanol–water partition coefficient (Wildman–Crippen LogP) is 2.89. The van der Waals surface area contributed by atoms with Gasteiger partial charge in [-0.05, 0) is 23.3 Å². The number of carbonyl (C=O) groups is 2. The summed E-state index contributed by atoms with van der Waals surface area (Å²) in [4.78, 5) is 24.3. The highest BCUT2D eigenvalue weighted by Crippen LogP contribution is 2.22. The van der Waals surface area contributed by atoms with Gasteiger partial charge in [-0.3, -0.25) is 9.59 Å². The normalized spacial score (nSPS) is 13.1. The Hall–Kier alpha value is -2.08. The fourth-order valence-electron chi connectivity index (χ4n) is 2.40. The molecule has 0 aliphatic rings. The van der Waals surface area contributed by atoms with Gasteiger partial charge >= 0.3 is 0 Å². The Balaban J connectivity index is 2.15. The van der Waals surface area contributed by atoms with Crippen LogP contribution in [0, 0.1) is 0 Å². The lowest BCUT2D eigenvalue weighted by atomic mass is 10.0. The van der Waals surface area contributed by atoms with E-state index < -0.39 is 24.0 Å². The van der Waals surface area contributed by atoms with Crippen LogP contribution in [0.5, 0.6) is 0 Å². The zero-order valence-electron chi connectivity index (χ0n) is 13.5. The van der Waals surface area contributed by atoms with Crippen molar-refractivity contribution in [2.45, 2.75) is 18.6 Å². The van der Waals surface area contributed by atoms with E-state index in [0.29, 0.717) is 21.2 Å². The number of rotatable bonds is 7. The largest absolute Gasteiger partial charge is 0.368 e. The standard InChI is InChI=1S/C18H18Cl2N2O3/c1-25-16(11-5-3-2-4-6-11)18(24)22-15(17(21)23)9-12-7-8-13(19)10-14(12)20/h2-8,10,15-16H,9H2,1H3,(H2,21,23)(H,22,24)/t15-,16-/m1/s1. The third kappa shape index (κ3) is 5.19. The van der Waals surface area contributed by atoms with E-state index in [0.717, 1.165) is 0 Å². The summed E-state index contributed by atoms with van der Waals surface area (Å²) in [6.07, 6.45) is -0.689. The van der Waals surface area contributed by atoms with Crippen molar-refractivity contribution in [2.75, 3.05) is 7.11 Å². The van der Waals surface area contributed by atoms with Crippen molar-refractivity contribution >= 4 is 35.0 Å². The van der Waals surface area contributed by atoms with Gasteiger partial charge < -0.3 is 15.8 Å². The van der Waals surface area contributed by atoms with Crippen molar-refractivity contribution in [3.63, 3.8) is 0 Å². The second-order valence-corrected chi connectivity index (χ2v) is 6.27. The average molecular weight is 381 g/mol. The Kier molecular flexibility index (Phi) is 6.82. The summed E-state index contributed by atoms with van der Waals surface area (Å²) >= 11 is 12.0. The van der Waals surface area contributed by atoms with Gasteiger partial charge in [0.05, 0.1) is 0 Å². The monoisotopic (exact) mass is 380 g/mol. The Morgan fingerprint density at radius 2 is 1.84 bits per heavy atom. The van der Waals surface area contributed by atoms with Crippen LogP contribution >= 0.6 is 23.2 Å². The van der Waals surface area contributed by atoms with Crippen LogP contribution in [0.2, 0.25) is 10.0 Å². The molecule has 5 nitrogen and oxygen atoms in total. The average Bonchev–Trinajstić information content (AvgIpc) is 2.58. The van der Waals surface area contributed by atoms with Crippen LogP contribution in [-0.2, 0) is 20.7 Å². The summed E-state index contributed by atoms with van der Waals surface area (Å²) in [5.41, 5.74) is 6.76. The van der Waals surface area contributed by atoms with E-state index in [1.807, 2.05) is 6.07 Å². The molecule has 7 heteroatoms. The van der Waals surface area contributed by atoms with Gasteiger partial charge in [0.25, 0.3) is 5.91 Å². The molecule has 0 saturated heterocycles. The Morgan fingerprint density at radius 3 is 2.40 bits per heavy atom. The molecule has 132 valence electrons. The van der Waals surface area contributed by atoms with Gasteiger partial charge in [0, 0.05) is 23.6 Å². The third-order valence-corrected chi connectivity index (χ3v) is 4.26. The van der Waals surface area contributed by atoms with Crippen LogP contribution in [0.25, 0.3) is 0 Å². The summed E-state index contributed by atoms with van der Waals surface area (Å²) in [5.74, 6) is -1.12. The molecule has 0 aliphatic carbocycles. The second-order valence-electron chi connectivity index (χ2n) is 5.43. The maximum atomic E-state index is 12.5. The number of nitrogens with two attached hydrogens (primary N) is 1. The van der Waals surface area contributed by atoms with Crippen molar-refractivity contribution in [1.29, 1.82) is 0 Å². The molecule has 0 fully saturated rings. The Bertz CT molecular complexity index is 753. The number of methoxy groups -OCH3 is 1. The quantitative estimate of drug-likeness (QED) is 0.774. The van der Waals surface area contributed by atoms with Gasteiger partial charge in [0.2, 0.25) is 5.91 Å². The number of nitrogens with one attached hydrogen (secondary N) is 1. The van der Waals surface area contributed by atoms with Crippen molar-refractivity contribution in [2.24, 2.45) is 5.73 Å². The Morgan fingerprint density at radius 1 is 1.16 bits per heavy atom. The van der Waals surface area contributed by atoms with E-state index in [2.05, 4.69) is 5.32 Å². The smallest absolute Gasteiger partial charge is 0.254 e. The van der Waals surface area contributed by atoms with Crippen molar-refractivity contribution in [1.82, 2.24) is 5.32 Å². The molecular weight excluding hydrogens is 363 g/mol. The van der Waals surface area contributed by atoms with E-state index in [1.54, 1.807) is 42.5 Å². The summed E-state index contributed by atoms with van der Waals surface area (Å²) in [7, 11) is 1.42. The second kappa shape index (κ2) is 8.85. The number of hydrogen-bond acceptors (Lipinski definition) is 3. The first-order valence-electron chi connectivity index (χ1n) is 7.53. The molecule has 0 spiro atoms. The van der Waals surface area contributed by atoms with E-state index in [9.17, 15) is 9.59 Å². The molecular formula is C18H18Cl2N2O3. The molecule has 0 aliphatic heterocycles. The van der Waals surface area contributed by atoms with Crippen LogP contribution in [0.3, 0.4) is 0 Å². The molecule has 2 aromatic carbocycles. The number of carbonyl (C=O) groups excluding carboxylic acids is 2. The number of primary amides is 1. The summed E-state index contributed by atoms with van der Waals surface area (Å²) in [6, 6.07) is 13.0. The number of benzene rings is 2. The fourth-order valence-corrected chi connectivity index (χ4v) is 2.89. The van der Waals surface area contributed by atoms with Gasteiger partial charge in [-0.1, -0.05) is 59.6 Å². The summed E-state index contributed by atoms with van der Waals surface area (Å²) in [5, 5.41) is 3.51. The molecule has 0 radical (unpaired) electrons. The minimum Gasteiger partial charge on any atom is -0.368 e. The highest BCUT2D eigenvalue weighted by atomic mass is 35.5. The van der Waals surface area contributed by atoms with E-state index in [1.165, 1.54) is 7.11 Å². The molecule has 0 heterocycles. The van der Waals surface area contributed by atoms with Crippen molar-refractivity contribution in [3.05, 3.63) is 69.7 Å². The molecule has 2 aromatic rings. The topological polar surface area (TPSA) is 81.4 Å². The Labute approximate surface area is 156 Å². The molecule has 3 N–H and O–H groups in total. The minimum atomic E-state index is -0.924. The van der Waals surface area contributed by atoms with Gasteiger partial charge in [0.1, 0.15) is 6.04 Å². The first-order chi connectivity index (χ1) is 11.9. The maximum Gasteiger partial charge on any atom is 0.254 e. The summed E-state index contributed by atoms with van der Waals surface area (Å²) in [6.45, 7) is 0. The van der Waals surface area contributed by atoms with E-state index in [4.69, 9.17) is 33.7 Å². The van der Waals surface area contributed by atoms with E-state index in [-0.39, 0.29) is 6.42 Å². The molecule has 25 heavy (non-hydrogen) atoms. The van der Waals surface area contributed by atoms with Gasteiger partial charge in [-0.2, -0.15) is 0 Å². The minimum absolute atomic E-state index is 0.155. The molecule has 0 saturated carbocycles. The molecule has 0 bridgehead atoms. The SMILES string of the molecule is CO[C@@H](C(=O)N[C@H](Cc1ccc(Cl)cc1Cl)C(N)=O)c1ccccc1. The first kappa shape index (κ1) is 19.2. The van der Waals surface area contributed by atoms with Gasteiger partial charge in [-0.15, -0.1) is 0 Å². The van der Waals surface area contributed by atoms with Crippen LogP contribution in [-0.4, -0.2) is 25.0 Å². The molecule has 2 rings (SSSR count). The highest BCUT2D eigenvalue weighted by molar-refractivity contribution is 6.35. The number of halogens is 2. The lowest BCUT2D eigenvalue weighted by Gasteiger charge is -2.21. The van der Waals surface area contributed by atoms with Crippen LogP contribution < -0.4 is 11.1 Å². The number of hydrogen-bond donors (Lipinski definition) is 2. The first-order valence-corrected chi connectivity index (χ1v) is 8.29. The zero-order valence-corrected chi connectivity index (χ0v) is 15.1. The maximum absolute atomic E-state index is 12.5. The van der Waals surface area contributed by atoms with Crippen LogP contribution in [0.15, 0.2) is 48.5 Å². The van der Waals surface area contributed by atoms with Crippen molar-refractivity contribution in [3.8, 4) is 0 Å². The summed E-state index contributed by atoms with van der Waals surface area (Å²) < 4.78 is 5.26. The highest BCUT2D eigenvalue weighted by Gasteiger charge is 2.26. The molecule has 0 aromatic heterocycles. The predicted molar refractivity (Wildman–Crippen MR) is 97.5 cm³/mol. The van der Waals surface area contributed by atoms with E-state index >= 15 is 0 Å². The van der Waals surface area contributed by atoms with Crippen LogP contribution in [0.1, 0.15) is 17.2 Å². The fraction of sp³-hybridized carbons (Fsp3) is 0.222. The number of ether oxygens (including phenoxy) is 1. The van der Waals surface area contributed by atoms with Crippen LogP contribution in [0.4, 0.5) is 0 Å². The molecule has 2 atom stereocenters. The van der Waals surface area contributed by atoms with Crippen molar-refractivity contribution < 1.29 is 14.3 Å². The number of amides is 2.